The predicted molar refractivity (Wildman–Crippen MR) is 105 cm³/mol. The van der Waals surface area contributed by atoms with Gasteiger partial charge in [-0.25, -0.2) is 4.99 Å². The van der Waals surface area contributed by atoms with Crippen LogP contribution in [0.15, 0.2) is 41.9 Å². The quantitative estimate of drug-likeness (QED) is 0.119. The zero-order valence-corrected chi connectivity index (χ0v) is 15.8. The predicted octanol–water partition coefficient (Wildman–Crippen LogP) is 3.62. The summed E-state index contributed by atoms with van der Waals surface area (Å²) in [6, 6.07) is 6.44. The Bertz CT molecular complexity index is 503. The van der Waals surface area contributed by atoms with Gasteiger partial charge in [0.2, 0.25) is 0 Å². The molecule has 0 aliphatic heterocycles. The lowest BCUT2D eigenvalue weighted by atomic mass is 10.2. The van der Waals surface area contributed by atoms with Gasteiger partial charge in [0, 0.05) is 25.2 Å². The number of nitro benzene ring substituents is 1. The number of rotatable bonds is 9. The summed E-state index contributed by atoms with van der Waals surface area (Å²) >= 11 is 0. The van der Waals surface area contributed by atoms with E-state index in [2.05, 4.69) is 29.1 Å². The van der Waals surface area contributed by atoms with E-state index >= 15 is 0 Å². The molecule has 0 aliphatic carbocycles. The lowest BCUT2D eigenvalue weighted by molar-refractivity contribution is -0.384. The monoisotopic (exact) mass is 432 g/mol. The second-order valence-corrected chi connectivity index (χ2v) is 4.89. The molecule has 23 heavy (non-hydrogen) atoms. The Kier molecular flexibility index (Phi) is 11.9. The third kappa shape index (κ3) is 9.17. The molecule has 7 heteroatoms. The van der Waals surface area contributed by atoms with Crippen LogP contribution in [0.5, 0.6) is 0 Å². The molecule has 0 amide bonds. The maximum absolute atomic E-state index is 10.6. The van der Waals surface area contributed by atoms with Crippen molar-refractivity contribution in [1.82, 2.24) is 10.6 Å². The first-order valence-electron chi connectivity index (χ1n) is 7.53. The minimum atomic E-state index is -0.403. The Morgan fingerprint density at radius 2 is 2.00 bits per heavy atom. The number of hydrogen-bond acceptors (Lipinski definition) is 3. The van der Waals surface area contributed by atoms with Crippen LogP contribution in [0.1, 0.15) is 31.7 Å². The summed E-state index contributed by atoms with van der Waals surface area (Å²) in [6.07, 6.45) is 5.24. The lowest BCUT2D eigenvalue weighted by Crippen LogP contribution is -2.38. The summed E-state index contributed by atoms with van der Waals surface area (Å²) in [5.74, 6) is 0.731. The fourth-order valence-electron chi connectivity index (χ4n) is 1.82. The normalized spacial score (nSPS) is 10.6. The van der Waals surface area contributed by atoms with Gasteiger partial charge < -0.3 is 10.6 Å². The molecule has 0 bridgehead atoms. The molecular formula is C16H25IN4O2. The van der Waals surface area contributed by atoms with Crippen LogP contribution in [-0.2, 0) is 6.54 Å². The molecule has 0 fully saturated rings. The number of nitro groups is 1. The Morgan fingerprint density at radius 1 is 1.30 bits per heavy atom. The molecule has 0 aliphatic rings. The smallest absolute Gasteiger partial charge is 0.269 e. The molecule has 0 aromatic heterocycles. The van der Waals surface area contributed by atoms with E-state index in [1.54, 1.807) is 18.2 Å². The Hall–Kier alpha value is -1.64. The Labute approximate surface area is 154 Å². The number of aliphatic imine (C=N–C) groups is 1. The van der Waals surface area contributed by atoms with Gasteiger partial charge in [-0.15, -0.1) is 30.6 Å². The first-order valence-corrected chi connectivity index (χ1v) is 7.53. The highest BCUT2D eigenvalue weighted by Gasteiger charge is 2.03. The van der Waals surface area contributed by atoms with Gasteiger partial charge in [-0.1, -0.05) is 38.0 Å². The van der Waals surface area contributed by atoms with E-state index in [1.165, 1.54) is 25.0 Å². The summed E-state index contributed by atoms with van der Waals surface area (Å²) in [6.45, 7) is 7.83. The van der Waals surface area contributed by atoms with Crippen LogP contribution in [0.25, 0.3) is 0 Å². The number of nitrogens with one attached hydrogen (secondary N) is 2. The van der Waals surface area contributed by atoms with E-state index in [-0.39, 0.29) is 29.7 Å². The van der Waals surface area contributed by atoms with E-state index < -0.39 is 4.92 Å². The fourth-order valence-corrected chi connectivity index (χ4v) is 1.82. The average Bonchev–Trinajstić information content (AvgIpc) is 2.53. The van der Waals surface area contributed by atoms with Gasteiger partial charge in [0.05, 0.1) is 11.5 Å². The summed E-state index contributed by atoms with van der Waals surface area (Å²) < 4.78 is 0. The third-order valence-electron chi connectivity index (χ3n) is 3.05. The maximum atomic E-state index is 10.6. The number of guanidine groups is 1. The van der Waals surface area contributed by atoms with Crippen LogP contribution in [0.4, 0.5) is 5.69 Å². The van der Waals surface area contributed by atoms with Crippen LogP contribution < -0.4 is 10.6 Å². The van der Waals surface area contributed by atoms with Crippen molar-refractivity contribution in [2.24, 2.45) is 4.99 Å². The van der Waals surface area contributed by atoms with Crippen LogP contribution in [0.3, 0.4) is 0 Å². The van der Waals surface area contributed by atoms with Crippen molar-refractivity contribution < 1.29 is 4.92 Å². The van der Waals surface area contributed by atoms with Crippen molar-refractivity contribution in [2.75, 3.05) is 13.1 Å². The number of hydrogen-bond donors (Lipinski definition) is 2. The van der Waals surface area contributed by atoms with Crippen molar-refractivity contribution >= 4 is 35.6 Å². The highest BCUT2D eigenvalue weighted by Crippen LogP contribution is 2.12. The second kappa shape index (κ2) is 12.9. The molecule has 0 atom stereocenters. The van der Waals surface area contributed by atoms with Crippen molar-refractivity contribution in [3.05, 3.63) is 52.6 Å². The van der Waals surface area contributed by atoms with Crippen LogP contribution in [0, 0.1) is 10.1 Å². The highest BCUT2D eigenvalue weighted by atomic mass is 127. The number of benzene rings is 1. The SMILES string of the molecule is C=CCNC(=NCc1ccc([N+](=O)[O-])cc1)NCCCCC.I. The van der Waals surface area contributed by atoms with Gasteiger partial charge in [0.15, 0.2) is 5.96 Å². The van der Waals surface area contributed by atoms with Gasteiger partial charge in [0.1, 0.15) is 0 Å². The van der Waals surface area contributed by atoms with Gasteiger partial charge in [-0.2, -0.15) is 0 Å². The Balaban J connectivity index is 0.00000484. The molecule has 0 spiro atoms. The minimum absolute atomic E-state index is 0. The molecule has 2 N–H and O–H groups in total. The summed E-state index contributed by atoms with van der Waals surface area (Å²) in [7, 11) is 0. The van der Waals surface area contributed by atoms with E-state index in [9.17, 15) is 10.1 Å². The molecule has 0 heterocycles. The molecule has 1 rings (SSSR count). The first kappa shape index (κ1) is 21.4. The number of nitrogens with zero attached hydrogens (tertiary/aromatic N) is 2. The van der Waals surface area contributed by atoms with E-state index in [4.69, 9.17) is 0 Å². The summed E-state index contributed by atoms with van der Waals surface area (Å²) in [5.41, 5.74) is 1.02. The summed E-state index contributed by atoms with van der Waals surface area (Å²) in [4.78, 5) is 14.7. The molecule has 0 saturated heterocycles. The third-order valence-corrected chi connectivity index (χ3v) is 3.05. The molecule has 1 aromatic rings. The number of non-ortho nitro benzene ring substituents is 1. The molecule has 128 valence electrons. The van der Waals surface area contributed by atoms with Crippen molar-refractivity contribution in [3.63, 3.8) is 0 Å². The van der Waals surface area contributed by atoms with E-state index in [0.29, 0.717) is 13.1 Å². The first-order chi connectivity index (χ1) is 10.7. The van der Waals surface area contributed by atoms with Gasteiger partial charge in [0.25, 0.3) is 5.69 Å². The summed E-state index contributed by atoms with van der Waals surface area (Å²) in [5, 5.41) is 17.0. The van der Waals surface area contributed by atoms with Crippen molar-refractivity contribution in [2.45, 2.75) is 32.7 Å². The molecule has 6 nitrogen and oxygen atoms in total. The molecule has 1 aromatic carbocycles. The average molecular weight is 432 g/mol. The van der Waals surface area contributed by atoms with Crippen molar-refractivity contribution in [3.8, 4) is 0 Å². The molecule has 0 unspecified atom stereocenters. The lowest BCUT2D eigenvalue weighted by Gasteiger charge is -2.11. The van der Waals surface area contributed by atoms with Gasteiger partial charge >= 0.3 is 0 Å². The molecular weight excluding hydrogens is 407 g/mol. The van der Waals surface area contributed by atoms with Gasteiger partial charge in [-0.05, 0) is 12.0 Å². The van der Waals surface area contributed by atoms with Crippen LogP contribution in [0.2, 0.25) is 0 Å². The topological polar surface area (TPSA) is 79.6 Å². The van der Waals surface area contributed by atoms with Crippen LogP contribution >= 0.6 is 24.0 Å². The standard InChI is InChI=1S/C16H24N4O2.HI/c1-3-5-6-12-18-16(17-11-4-2)19-13-14-7-9-15(10-8-14)20(21)22;/h4,7-10H,2-3,5-6,11-13H2,1H3,(H2,17,18,19);1H. The fraction of sp³-hybridized carbons (Fsp3) is 0.438. The number of unbranched alkanes of at least 4 members (excludes halogenated alkanes) is 2. The second-order valence-electron chi connectivity index (χ2n) is 4.89. The zero-order chi connectivity index (χ0) is 16.2. The van der Waals surface area contributed by atoms with E-state index in [0.717, 1.165) is 24.5 Å². The molecule has 0 saturated carbocycles. The zero-order valence-electron chi connectivity index (χ0n) is 13.5. The van der Waals surface area contributed by atoms with Crippen LogP contribution in [-0.4, -0.2) is 24.0 Å². The molecule has 0 radical (unpaired) electrons. The maximum Gasteiger partial charge on any atom is 0.269 e. The Morgan fingerprint density at radius 3 is 2.57 bits per heavy atom. The van der Waals surface area contributed by atoms with E-state index in [1.807, 2.05) is 0 Å². The number of halogens is 1. The van der Waals surface area contributed by atoms with Crippen molar-refractivity contribution in [1.29, 1.82) is 0 Å². The minimum Gasteiger partial charge on any atom is -0.356 e. The van der Waals surface area contributed by atoms with Gasteiger partial charge in [-0.3, -0.25) is 10.1 Å². The largest absolute Gasteiger partial charge is 0.356 e. The highest BCUT2D eigenvalue weighted by molar-refractivity contribution is 14.0.